The van der Waals surface area contributed by atoms with E-state index in [1.54, 1.807) is 0 Å². The van der Waals surface area contributed by atoms with Crippen LogP contribution in [-0.2, 0) is 4.79 Å². The number of amides is 1. The largest absolute Gasteiger partial charge is 0.352 e. The third-order valence-corrected chi connectivity index (χ3v) is 4.50. The molecule has 1 unspecified atom stereocenters. The van der Waals surface area contributed by atoms with E-state index in [1.165, 1.54) is 0 Å². The van der Waals surface area contributed by atoms with Gasteiger partial charge in [0, 0.05) is 12.0 Å². The van der Waals surface area contributed by atoms with Crippen LogP contribution in [0.3, 0.4) is 0 Å². The molecule has 1 aliphatic rings. The maximum absolute atomic E-state index is 12.2. The molecule has 0 aliphatic heterocycles. The summed E-state index contributed by atoms with van der Waals surface area (Å²) in [6.45, 7) is 8.88. The summed E-state index contributed by atoms with van der Waals surface area (Å²) in [4.78, 5) is 12.2. The number of hydrogen-bond acceptors (Lipinski definition) is 2. The molecular weight excluding hydrogens is 236 g/mol. The van der Waals surface area contributed by atoms with Gasteiger partial charge >= 0.3 is 0 Å². The molecule has 1 amide bonds. The molecule has 1 aliphatic carbocycles. The average Bonchev–Trinajstić information content (AvgIpc) is 2.37. The van der Waals surface area contributed by atoms with Crippen LogP contribution in [0.1, 0.15) is 66.2 Å². The van der Waals surface area contributed by atoms with E-state index >= 15 is 0 Å². The fourth-order valence-corrected chi connectivity index (χ4v) is 2.95. The van der Waals surface area contributed by atoms with Gasteiger partial charge in [0.15, 0.2) is 0 Å². The molecule has 1 rings (SSSR count). The standard InChI is InChI=1S/C16H28N2O/c1-5-14(10-11-17)18-15(19)12-6-8-13(9-7-12)16(2,3)4/h12-14H,5-10H2,1-4H3,(H,18,19). The van der Waals surface area contributed by atoms with E-state index in [0.29, 0.717) is 11.8 Å². The Hall–Kier alpha value is -1.04. The van der Waals surface area contributed by atoms with E-state index in [1.807, 2.05) is 6.92 Å². The van der Waals surface area contributed by atoms with Gasteiger partial charge in [0.05, 0.1) is 12.5 Å². The highest BCUT2D eigenvalue weighted by molar-refractivity contribution is 5.79. The van der Waals surface area contributed by atoms with Crippen molar-refractivity contribution in [3.05, 3.63) is 0 Å². The lowest BCUT2D eigenvalue weighted by molar-refractivity contribution is -0.127. The Bertz CT molecular complexity index is 330. The molecule has 0 aromatic rings. The molecule has 0 aromatic carbocycles. The van der Waals surface area contributed by atoms with E-state index in [4.69, 9.17) is 5.26 Å². The Kier molecular flexibility index (Phi) is 5.85. The molecule has 0 radical (unpaired) electrons. The van der Waals surface area contributed by atoms with Crippen molar-refractivity contribution < 1.29 is 4.79 Å². The molecule has 0 spiro atoms. The Morgan fingerprint density at radius 2 is 1.89 bits per heavy atom. The van der Waals surface area contributed by atoms with E-state index in [-0.39, 0.29) is 17.9 Å². The van der Waals surface area contributed by atoms with Crippen LogP contribution in [0.5, 0.6) is 0 Å². The highest BCUT2D eigenvalue weighted by Gasteiger charge is 2.32. The summed E-state index contributed by atoms with van der Waals surface area (Å²) < 4.78 is 0. The van der Waals surface area contributed by atoms with Crippen LogP contribution in [0, 0.1) is 28.6 Å². The summed E-state index contributed by atoms with van der Waals surface area (Å²) in [6, 6.07) is 2.17. The van der Waals surface area contributed by atoms with Crippen molar-refractivity contribution in [1.82, 2.24) is 5.32 Å². The van der Waals surface area contributed by atoms with Crippen LogP contribution >= 0.6 is 0 Å². The molecule has 0 heterocycles. The van der Waals surface area contributed by atoms with Crippen molar-refractivity contribution in [2.75, 3.05) is 0 Å². The number of rotatable bonds is 4. The van der Waals surface area contributed by atoms with Crippen LogP contribution in [-0.4, -0.2) is 11.9 Å². The van der Waals surface area contributed by atoms with Crippen molar-refractivity contribution >= 4 is 5.91 Å². The smallest absolute Gasteiger partial charge is 0.223 e. The molecule has 0 bridgehead atoms. The molecule has 3 heteroatoms. The number of carbonyl (C=O) groups is 1. The van der Waals surface area contributed by atoms with E-state index in [0.717, 1.165) is 38.0 Å². The van der Waals surface area contributed by atoms with Crippen molar-refractivity contribution in [2.45, 2.75) is 72.3 Å². The predicted molar refractivity (Wildman–Crippen MR) is 77.4 cm³/mol. The second-order valence-corrected chi connectivity index (χ2v) is 6.89. The fraction of sp³-hybridized carbons (Fsp3) is 0.875. The zero-order valence-electron chi connectivity index (χ0n) is 12.8. The van der Waals surface area contributed by atoms with E-state index in [2.05, 4.69) is 32.2 Å². The van der Waals surface area contributed by atoms with Crippen molar-refractivity contribution in [2.24, 2.45) is 17.3 Å². The van der Waals surface area contributed by atoms with Crippen molar-refractivity contribution in [3.63, 3.8) is 0 Å². The van der Waals surface area contributed by atoms with Crippen LogP contribution in [0.4, 0.5) is 0 Å². The molecule has 3 nitrogen and oxygen atoms in total. The Morgan fingerprint density at radius 1 is 1.32 bits per heavy atom. The zero-order chi connectivity index (χ0) is 14.5. The van der Waals surface area contributed by atoms with Gasteiger partial charge in [-0.2, -0.15) is 5.26 Å². The van der Waals surface area contributed by atoms with Crippen LogP contribution < -0.4 is 5.32 Å². The van der Waals surface area contributed by atoms with Crippen molar-refractivity contribution in [3.8, 4) is 6.07 Å². The summed E-state index contributed by atoms with van der Waals surface area (Å²) in [5, 5.41) is 11.7. The molecule has 1 N–H and O–H groups in total. The first-order chi connectivity index (χ1) is 8.88. The van der Waals surface area contributed by atoms with Crippen molar-refractivity contribution in [1.29, 1.82) is 5.26 Å². The second-order valence-electron chi connectivity index (χ2n) is 6.89. The van der Waals surface area contributed by atoms with Gasteiger partial charge < -0.3 is 5.32 Å². The number of hydrogen-bond donors (Lipinski definition) is 1. The van der Waals surface area contributed by atoms with Crippen LogP contribution in [0.2, 0.25) is 0 Å². The molecule has 1 fully saturated rings. The summed E-state index contributed by atoms with van der Waals surface area (Å²) in [7, 11) is 0. The normalized spacial score (nSPS) is 25.4. The minimum atomic E-state index is 0.0258. The topological polar surface area (TPSA) is 52.9 Å². The number of nitriles is 1. The van der Waals surface area contributed by atoms with E-state index in [9.17, 15) is 4.79 Å². The Labute approximate surface area is 117 Å². The highest BCUT2D eigenvalue weighted by Crippen LogP contribution is 2.39. The molecular formula is C16H28N2O. The molecule has 0 aromatic heterocycles. The van der Waals surface area contributed by atoms with Gasteiger partial charge in [-0.05, 0) is 43.4 Å². The first-order valence-corrected chi connectivity index (χ1v) is 7.55. The lowest BCUT2D eigenvalue weighted by Gasteiger charge is -2.36. The van der Waals surface area contributed by atoms with Gasteiger partial charge in [-0.3, -0.25) is 4.79 Å². The summed E-state index contributed by atoms with van der Waals surface area (Å²) in [5.74, 6) is 1.05. The van der Waals surface area contributed by atoms with Gasteiger partial charge in [-0.25, -0.2) is 0 Å². The van der Waals surface area contributed by atoms with Gasteiger partial charge in [-0.15, -0.1) is 0 Å². The number of nitrogens with one attached hydrogen (secondary N) is 1. The SMILES string of the molecule is CCC(CC#N)NC(=O)C1CCC(C(C)(C)C)CC1. The minimum absolute atomic E-state index is 0.0258. The van der Waals surface area contributed by atoms with Crippen LogP contribution in [0.15, 0.2) is 0 Å². The maximum Gasteiger partial charge on any atom is 0.223 e. The predicted octanol–water partition coefficient (Wildman–Crippen LogP) is 3.65. The lowest BCUT2D eigenvalue weighted by Crippen LogP contribution is -2.40. The number of nitrogens with zero attached hydrogens (tertiary/aromatic N) is 1. The fourth-order valence-electron chi connectivity index (χ4n) is 2.95. The summed E-state index contributed by atoms with van der Waals surface area (Å²) >= 11 is 0. The van der Waals surface area contributed by atoms with Crippen LogP contribution in [0.25, 0.3) is 0 Å². The summed E-state index contributed by atoms with van der Waals surface area (Å²) in [5.41, 5.74) is 0.355. The molecule has 1 atom stereocenters. The Morgan fingerprint density at radius 3 is 2.32 bits per heavy atom. The summed E-state index contributed by atoms with van der Waals surface area (Å²) in [6.07, 6.45) is 5.54. The van der Waals surface area contributed by atoms with Gasteiger partial charge in [0.2, 0.25) is 5.91 Å². The second kappa shape index (κ2) is 6.93. The monoisotopic (exact) mass is 264 g/mol. The number of carbonyl (C=O) groups excluding carboxylic acids is 1. The van der Waals surface area contributed by atoms with Gasteiger partial charge in [0.1, 0.15) is 0 Å². The first-order valence-electron chi connectivity index (χ1n) is 7.55. The lowest BCUT2D eigenvalue weighted by atomic mass is 9.69. The van der Waals surface area contributed by atoms with E-state index < -0.39 is 0 Å². The molecule has 1 saturated carbocycles. The third-order valence-electron chi connectivity index (χ3n) is 4.50. The molecule has 0 saturated heterocycles. The molecule has 108 valence electrons. The quantitative estimate of drug-likeness (QED) is 0.842. The maximum atomic E-state index is 12.2. The first kappa shape index (κ1) is 16.0. The highest BCUT2D eigenvalue weighted by atomic mass is 16.1. The zero-order valence-corrected chi connectivity index (χ0v) is 12.8. The van der Waals surface area contributed by atoms with Gasteiger partial charge in [-0.1, -0.05) is 27.7 Å². The Balaban J connectivity index is 2.43. The molecule has 19 heavy (non-hydrogen) atoms. The average molecular weight is 264 g/mol. The van der Waals surface area contributed by atoms with Gasteiger partial charge in [0.25, 0.3) is 0 Å². The minimum Gasteiger partial charge on any atom is -0.352 e. The third kappa shape index (κ3) is 4.86.